The van der Waals surface area contributed by atoms with Crippen LogP contribution in [0, 0.1) is 0 Å². The molecule has 0 bridgehead atoms. The molecule has 55 valence electrons. The Labute approximate surface area is 66.1 Å². The maximum atomic E-state index is 11.0. The van der Waals surface area contributed by atoms with Crippen LogP contribution in [0.1, 0.15) is 10.5 Å². The SMILES string of the molecule is C[B]NC(=O)c1ccccn1. The summed E-state index contributed by atoms with van der Waals surface area (Å²) in [4.78, 5) is 14.9. The van der Waals surface area contributed by atoms with Gasteiger partial charge in [-0.05, 0) is 12.1 Å². The first-order valence-corrected chi connectivity index (χ1v) is 3.34. The molecule has 0 aliphatic heterocycles. The lowest BCUT2D eigenvalue weighted by Gasteiger charge is -1.97. The van der Waals surface area contributed by atoms with Crippen molar-refractivity contribution < 1.29 is 4.79 Å². The quantitative estimate of drug-likeness (QED) is 0.618. The normalized spacial score (nSPS) is 8.82. The molecule has 1 N–H and O–H groups in total. The number of nitrogens with zero attached hydrogens (tertiary/aromatic N) is 1. The summed E-state index contributed by atoms with van der Waals surface area (Å²) in [6.07, 6.45) is 1.59. The van der Waals surface area contributed by atoms with Crippen LogP contribution in [0.4, 0.5) is 0 Å². The van der Waals surface area contributed by atoms with Crippen LogP contribution in [-0.4, -0.2) is 18.3 Å². The average molecular weight is 147 g/mol. The fourth-order valence-electron chi connectivity index (χ4n) is 0.702. The first-order chi connectivity index (χ1) is 5.34. The van der Waals surface area contributed by atoms with E-state index in [1.54, 1.807) is 38.6 Å². The van der Waals surface area contributed by atoms with Crippen molar-refractivity contribution in [1.29, 1.82) is 0 Å². The van der Waals surface area contributed by atoms with Gasteiger partial charge in [0.05, 0.1) is 0 Å². The molecular formula is C7H8BN2O. The summed E-state index contributed by atoms with van der Waals surface area (Å²) in [5.74, 6) is -0.173. The molecule has 11 heavy (non-hydrogen) atoms. The van der Waals surface area contributed by atoms with E-state index in [0.29, 0.717) is 5.69 Å². The van der Waals surface area contributed by atoms with Crippen LogP contribution in [-0.2, 0) is 0 Å². The second kappa shape index (κ2) is 3.76. The van der Waals surface area contributed by atoms with Gasteiger partial charge in [-0.2, -0.15) is 0 Å². The molecule has 0 aliphatic carbocycles. The first kappa shape index (κ1) is 7.79. The van der Waals surface area contributed by atoms with E-state index in [4.69, 9.17) is 0 Å². The Bertz CT molecular complexity index is 237. The molecule has 0 aliphatic rings. The van der Waals surface area contributed by atoms with Crippen molar-refractivity contribution >= 4 is 13.3 Å². The van der Waals surface area contributed by atoms with Gasteiger partial charge in [0.1, 0.15) is 5.69 Å². The molecule has 1 radical (unpaired) electrons. The van der Waals surface area contributed by atoms with Gasteiger partial charge in [-0.1, -0.05) is 12.9 Å². The lowest BCUT2D eigenvalue weighted by Crippen LogP contribution is -2.25. The molecule has 0 unspecified atom stereocenters. The van der Waals surface area contributed by atoms with E-state index >= 15 is 0 Å². The van der Waals surface area contributed by atoms with Crippen molar-refractivity contribution in [1.82, 2.24) is 10.2 Å². The van der Waals surface area contributed by atoms with Crippen LogP contribution < -0.4 is 5.23 Å². The number of amides is 1. The monoisotopic (exact) mass is 147 g/mol. The zero-order valence-corrected chi connectivity index (χ0v) is 6.24. The smallest absolute Gasteiger partial charge is 0.257 e. The van der Waals surface area contributed by atoms with Gasteiger partial charge in [0.15, 0.2) is 0 Å². The molecule has 1 aromatic rings. The molecule has 0 atom stereocenters. The van der Waals surface area contributed by atoms with Crippen molar-refractivity contribution in [2.45, 2.75) is 6.82 Å². The molecule has 1 heterocycles. The summed E-state index contributed by atoms with van der Waals surface area (Å²) in [6.45, 7) is 1.75. The van der Waals surface area contributed by atoms with Gasteiger partial charge in [0.25, 0.3) is 5.91 Å². The lowest BCUT2D eigenvalue weighted by molar-refractivity contribution is 0.0976. The highest BCUT2D eigenvalue weighted by Gasteiger charge is 2.02. The Morgan fingerprint density at radius 2 is 2.45 bits per heavy atom. The third-order valence-electron chi connectivity index (χ3n) is 1.17. The van der Waals surface area contributed by atoms with Gasteiger partial charge in [0, 0.05) is 6.20 Å². The zero-order chi connectivity index (χ0) is 8.10. The van der Waals surface area contributed by atoms with E-state index in [1.807, 2.05) is 0 Å². The predicted molar refractivity (Wildman–Crippen MR) is 43.3 cm³/mol. The maximum Gasteiger partial charge on any atom is 0.257 e. The van der Waals surface area contributed by atoms with Crippen LogP contribution in [0.25, 0.3) is 0 Å². The number of rotatable bonds is 2. The van der Waals surface area contributed by atoms with Crippen molar-refractivity contribution in [2.24, 2.45) is 0 Å². The number of carbonyl (C=O) groups is 1. The number of hydrogen-bond donors (Lipinski definition) is 1. The Kier molecular flexibility index (Phi) is 2.66. The molecule has 0 spiro atoms. The van der Waals surface area contributed by atoms with Gasteiger partial charge in [-0.25, -0.2) is 0 Å². The molecule has 0 fully saturated rings. The van der Waals surface area contributed by atoms with Gasteiger partial charge in [-0.3, -0.25) is 9.78 Å². The van der Waals surface area contributed by atoms with Gasteiger partial charge < -0.3 is 5.23 Å². The summed E-state index contributed by atoms with van der Waals surface area (Å²) in [7, 11) is 1.58. The fraction of sp³-hybridized carbons (Fsp3) is 0.143. The van der Waals surface area contributed by atoms with E-state index in [0.717, 1.165) is 0 Å². The van der Waals surface area contributed by atoms with Crippen LogP contribution in [0.3, 0.4) is 0 Å². The standard InChI is InChI=1S/C7H8BN2O/c1-8-10-7(11)6-4-2-3-5-9-6/h2-5H,1H3,(H,10,11). The minimum absolute atomic E-state index is 0.173. The Morgan fingerprint density at radius 3 is 3.00 bits per heavy atom. The number of carbonyl (C=O) groups excluding carboxylic acids is 1. The molecule has 4 heteroatoms. The highest BCUT2D eigenvalue weighted by atomic mass is 16.1. The second-order valence-electron chi connectivity index (χ2n) is 1.98. The Hall–Kier alpha value is -1.32. The average Bonchev–Trinajstić information content (AvgIpc) is 2.07. The summed E-state index contributed by atoms with van der Waals surface area (Å²) >= 11 is 0. The molecule has 0 saturated carbocycles. The van der Waals surface area contributed by atoms with Gasteiger partial charge in [-0.15, -0.1) is 0 Å². The summed E-state index contributed by atoms with van der Waals surface area (Å²) in [5, 5.41) is 2.54. The Morgan fingerprint density at radius 1 is 1.64 bits per heavy atom. The van der Waals surface area contributed by atoms with Crippen LogP contribution in [0.5, 0.6) is 0 Å². The minimum atomic E-state index is -0.173. The molecule has 0 saturated heterocycles. The van der Waals surface area contributed by atoms with E-state index < -0.39 is 0 Å². The van der Waals surface area contributed by atoms with E-state index in [2.05, 4.69) is 10.2 Å². The Balaban J connectivity index is 2.69. The van der Waals surface area contributed by atoms with Gasteiger partial charge >= 0.3 is 0 Å². The molecule has 3 nitrogen and oxygen atoms in total. The molecule has 1 rings (SSSR count). The third kappa shape index (κ3) is 2.07. The first-order valence-electron chi connectivity index (χ1n) is 3.34. The van der Waals surface area contributed by atoms with Crippen molar-refractivity contribution in [3.05, 3.63) is 30.1 Å². The zero-order valence-electron chi connectivity index (χ0n) is 6.24. The fourth-order valence-corrected chi connectivity index (χ4v) is 0.702. The molecule has 0 aromatic carbocycles. The molecule has 1 aromatic heterocycles. The summed E-state index contributed by atoms with van der Waals surface area (Å²) in [6, 6.07) is 5.21. The minimum Gasteiger partial charge on any atom is -0.398 e. The maximum absolute atomic E-state index is 11.0. The largest absolute Gasteiger partial charge is 0.398 e. The van der Waals surface area contributed by atoms with Crippen molar-refractivity contribution in [3.8, 4) is 0 Å². The van der Waals surface area contributed by atoms with Crippen LogP contribution in [0.2, 0.25) is 6.82 Å². The highest BCUT2D eigenvalue weighted by molar-refractivity contribution is 6.36. The topological polar surface area (TPSA) is 42.0 Å². The van der Waals surface area contributed by atoms with Crippen molar-refractivity contribution in [3.63, 3.8) is 0 Å². The van der Waals surface area contributed by atoms with E-state index in [9.17, 15) is 4.79 Å². The van der Waals surface area contributed by atoms with Crippen molar-refractivity contribution in [2.75, 3.05) is 0 Å². The number of aromatic nitrogens is 1. The molecule has 1 amide bonds. The lowest BCUT2D eigenvalue weighted by atomic mass is 10.0. The van der Waals surface area contributed by atoms with Crippen LogP contribution in [0.15, 0.2) is 24.4 Å². The predicted octanol–water partition coefficient (Wildman–Crippen LogP) is 0.479. The van der Waals surface area contributed by atoms with Crippen LogP contribution >= 0.6 is 0 Å². The summed E-state index contributed by atoms with van der Waals surface area (Å²) in [5.41, 5.74) is 0.436. The van der Waals surface area contributed by atoms with E-state index in [-0.39, 0.29) is 5.91 Å². The summed E-state index contributed by atoms with van der Waals surface area (Å²) < 4.78 is 0. The second-order valence-corrected chi connectivity index (χ2v) is 1.98. The molecular weight excluding hydrogens is 139 g/mol. The highest BCUT2D eigenvalue weighted by Crippen LogP contribution is 1.91. The number of hydrogen-bond acceptors (Lipinski definition) is 2. The number of pyridine rings is 1. The van der Waals surface area contributed by atoms with Gasteiger partial charge in [0.2, 0.25) is 7.41 Å². The third-order valence-corrected chi connectivity index (χ3v) is 1.17. The van der Waals surface area contributed by atoms with E-state index in [1.165, 1.54) is 0 Å². The number of nitrogens with one attached hydrogen (secondary N) is 1.